The molecule has 0 saturated heterocycles. The molecule has 1 aromatic carbocycles. The van der Waals surface area contributed by atoms with Crippen molar-refractivity contribution in [3.8, 4) is 0 Å². The van der Waals surface area contributed by atoms with Gasteiger partial charge in [-0.1, -0.05) is 49.8 Å². The molecule has 7 nitrogen and oxygen atoms in total. The standard InChI is InChI=1S/C22H35O7PS/c1-4-27-21(23)22(28-5-2,15-19-9-7-6-8-10-19)16-30(24)17-29-31(25,26)20-13-11-18(3)12-14-20/h11-14,19,30H,4-10,15-17H2,1-3H3. The Balaban J connectivity index is 2.12. The van der Waals surface area contributed by atoms with Gasteiger partial charge in [0.15, 0.2) is 5.60 Å². The molecule has 0 radical (unpaired) electrons. The SMILES string of the molecule is CCOC(=O)C(CC1CCCCC1)(C[PH](=O)COS(=O)(=O)c1ccc(C)cc1)OCC. The second-order valence-corrected chi connectivity index (χ2v) is 11.4. The van der Waals surface area contributed by atoms with Gasteiger partial charge in [-0.15, -0.1) is 0 Å². The summed E-state index contributed by atoms with van der Waals surface area (Å²) in [5.41, 5.74) is -0.411. The number of ether oxygens (including phenoxy) is 2. The van der Waals surface area contributed by atoms with Gasteiger partial charge in [-0.25, -0.2) is 4.79 Å². The third-order valence-corrected chi connectivity index (χ3v) is 8.50. The molecule has 0 amide bonds. The number of hydrogen-bond donors (Lipinski definition) is 0. The van der Waals surface area contributed by atoms with Gasteiger partial charge < -0.3 is 14.0 Å². The maximum Gasteiger partial charge on any atom is 0.338 e. The Bertz CT molecular complexity index is 832. The van der Waals surface area contributed by atoms with Crippen molar-refractivity contribution in [3.05, 3.63) is 29.8 Å². The Kier molecular flexibility index (Phi) is 10.2. The summed E-state index contributed by atoms with van der Waals surface area (Å²) >= 11 is 0. The van der Waals surface area contributed by atoms with E-state index in [-0.39, 0.29) is 30.2 Å². The Morgan fingerprint density at radius 2 is 1.74 bits per heavy atom. The number of rotatable bonds is 12. The highest BCUT2D eigenvalue weighted by atomic mass is 32.2. The van der Waals surface area contributed by atoms with Gasteiger partial charge in [-0.3, -0.25) is 4.18 Å². The first kappa shape index (κ1) is 26.0. The number of carbonyl (C=O) groups excluding carboxylic acids is 1. The second-order valence-electron chi connectivity index (χ2n) is 8.10. The summed E-state index contributed by atoms with van der Waals surface area (Å²) in [6.45, 7) is 5.81. The van der Waals surface area contributed by atoms with E-state index < -0.39 is 35.8 Å². The quantitative estimate of drug-likeness (QED) is 0.250. The maximum atomic E-state index is 12.9. The third-order valence-electron chi connectivity index (χ3n) is 5.58. The van der Waals surface area contributed by atoms with Gasteiger partial charge in [0.05, 0.1) is 11.5 Å². The molecule has 1 fully saturated rings. The van der Waals surface area contributed by atoms with E-state index in [4.69, 9.17) is 13.7 Å². The molecule has 1 saturated carbocycles. The molecular weight excluding hydrogens is 439 g/mol. The fraction of sp³-hybridized carbons (Fsp3) is 0.682. The van der Waals surface area contributed by atoms with Crippen LogP contribution in [0.25, 0.3) is 0 Å². The molecular formula is C22H35O7PS. The summed E-state index contributed by atoms with van der Waals surface area (Å²) in [6, 6.07) is 6.25. The Morgan fingerprint density at radius 3 is 2.32 bits per heavy atom. The smallest absolute Gasteiger partial charge is 0.338 e. The maximum absolute atomic E-state index is 12.9. The highest BCUT2D eigenvalue weighted by Gasteiger charge is 2.44. The van der Waals surface area contributed by atoms with Crippen molar-refractivity contribution >= 4 is 23.9 Å². The van der Waals surface area contributed by atoms with Crippen LogP contribution in [0.1, 0.15) is 57.9 Å². The second kappa shape index (κ2) is 12.1. The van der Waals surface area contributed by atoms with Crippen LogP contribution >= 0.6 is 7.80 Å². The molecule has 176 valence electrons. The first-order valence-electron chi connectivity index (χ1n) is 11.0. The van der Waals surface area contributed by atoms with Gasteiger partial charge >= 0.3 is 5.97 Å². The van der Waals surface area contributed by atoms with Crippen LogP contribution < -0.4 is 0 Å². The lowest BCUT2D eigenvalue weighted by Crippen LogP contribution is -2.47. The number of esters is 1. The van der Waals surface area contributed by atoms with E-state index in [2.05, 4.69) is 0 Å². The number of carbonyl (C=O) groups is 1. The van der Waals surface area contributed by atoms with Crippen LogP contribution in [0.4, 0.5) is 0 Å². The van der Waals surface area contributed by atoms with Gasteiger partial charge in [0.2, 0.25) is 0 Å². The minimum atomic E-state index is -4.03. The van der Waals surface area contributed by atoms with E-state index in [9.17, 15) is 17.8 Å². The number of aryl methyl sites for hydroxylation is 1. The molecule has 0 aromatic heterocycles. The van der Waals surface area contributed by atoms with Crippen LogP contribution in [0.5, 0.6) is 0 Å². The minimum Gasteiger partial charge on any atom is -0.464 e. The number of benzene rings is 1. The first-order chi connectivity index (χ1) is 14.7. The summed E-state index contributed by atoms with van der Waals surface area (Å²) in [6.07, 6.45) is 5.23. The zero-order chi connectivity index (χ0) is 22.9. The molecule has 0 spiro atoms. The van der Waals surface area contributed by atoms with Gasteiger partial charge in [-0.2, -0.15) is 8.42 Å². The summed E-state index contributed by atoms with van der Waals surface area (Å²) in [7, 11) is -6.63. The van der Waals surface area contributed by atoms with E-state index in [0.717, 1.165) is 31.2 Å². The average Bonchev–Trinajstić information content (AvgIpc) is 2.74. The van der Waals surface area contributed by atoms with Crippen molar-refractivity contribution < 1.29 is 31.4 Å². The molecule has 1 aromatic rings. The van der Waals surface area contributed by atoms with Crippen LogP contribution in [0.15, 0.2) is 29.2 Å². The fourth-order valence-electron chi connectivity index (χ4n) is 4.08. The van der Waals surface area contributed by atoms with Gasteiger partial charge in [0, 0.05) is 12.8 Å². The van der Waals surface area contributed by atoms with Crippen molar-refractivity contribution in [1.82, 2.24) is 0 Å². The molecule has 0 N–H and O–H groups in total. The zero-order valence-electron chi connectivity index (χ0n) is 18.7. The summed E-state index contributed by atoms with van der Waals surface area (Å²) in [4.78, 5) is 12.9. The largest absolute Gasteiger partial charge is 0.464 e. The van der Waals surface area contributed by atoms with E-state index in [1.807, 2.05) is 6.92 Å². The molecule has 1 aliphatic carbocycles. The van der Waals surface area contributed by atoms with Crippen molar-refractivity contribution in [2.24, 2.45) is 5.92 Å². The predicted molar refractivity (Wildman–Crippen MR) is 120 cm³/mol. The van der Waals surface area contributed by atoms with Crippen LogP contribution in [0.2, 0.25) is 0 Å². The first-order valence-corrected chi connectivity index (χ1v) is 14.2. The van der Waals surface area contributed by atoms with Crippen molar-refractivity contribution in [1.29, 1.82) is 0 Å². The highest BCUT2D eigenvalue weighted by Crippen LogP contribution is 2.39. The van der Waals surface area contributed by atoms with E-state index in [0.29, 0.717) is 6.42 Å². The zero-order valence-corrected chi connectivity index (χ0v) is 20.5. The molecule has 1 aliphatic rings. The molecule has 0 aliphatic heterocycles. The lowest BCUT2D eigenvalue weighted by atomic mass is 9.81. The van der Waals surface area contributed by atoms with E-state index >= 15 is 0 Å². The molecule has 2 rings (SSSR count). The van der Waals surface area contributed by atoms with Crippen LogP contribution in [0.3, 0.4) is 0 Å². The highest BCUT2D eigenvalue weighted by molar-refractivity contribution is 7.87. The molecule has 0 bridgehead atoms. The fourth-order valence-corrected chi connectivity index (χ4v) is 6.96. The minimum absolute atomic E-state index is 0.0107. The normalized spacial score (nSPS) is 18.3. The Hall–Kier alpha value is -1.21. The summed E-state index contributed by atoms with van der Waals surface area (Å²) in [5, 5.41) is 0. The molecule has 2 unspecified atom stereocenters. The molecule has 2 atom stereocenters. The van der Waals surface area contributed by atoms with Crippen LogP contribution in [0, 0.1) is 12.8 Å². The predicted octanol–water partition coefficient (Wildman–Crippen LogP) is 4.53. The Labute approximate surface area is 186 Å². The number of hydrogen-bond acceptors (Lipinski definition) is 7. The average molecular weight is 475 g/mol. The lowest BCUT2D eigenvalue weighted by molar-refractivity contribution is -0.171. The van der Waals surface area contributed by atoms with Gasteiger partial charge in [0.1, 0.15) is 14.1 Å². The summed E-state index contributed by atoms with van der Waals surface area (Å²) in [5.74, 6) is -0.237. The van der Waals surface area contributed by atoms with Crippen LogP contribution in [-0.4, -0.2) is 45.7 Å². The lowest BCUT2D eigenvalue weighted by Gasteiger charge is -2.35. The van der Waals surface area contributed by atoms with Gasteiger partial charge in [0.25, 0.3) is 10.1 Å². The van der Waals surface area contributed by atoms with E-state index in [1.165, 1.54) is 18.6 Å². The third kappa shape index (κ3) is 7.70. The van der Waals surface area contributed by atoms with Crippen molar-refractivity contribution in [2.75, 3.05) is 25.7 Å². The van der Waals surface area contributed by atoms with Crippen molar-refractivity contribution in [3.63, 3.8) is 0 Å². The monoisotopic (exact) mass is 474 g/mol. The molecule has 0 heterocycles. The van der Waals surface area contributed by atoms with Crippen LogP contribution in [-0.2, 0) is 33.1 Å². The molecule has 9 heteroatoms. The van der Waals surface area contributed by atoms with Gasteiger partial charge in [-0.05, 0) is 45.2 Å². The van der Waals surface area contributed by atoms with E-state index in [1.54, 1.807) is 26.0 Å². The van der Waals surface area contributed by atoms with Crippen molar-refractivity contribution in [2.45, 2.75) is 69.8 Å². The Morgan fingerprint density at radius 1 is 1.10 bits per heavy atom. The topological polar surface area (TPSA) is 96.0 Å². The molecule has 31 heavy (non-hydrogen) atoms. The summed E-state index contributed by atoms with van der Waals surface area (Å²) < 4.78 is 54.0.